The molecule has 7 nitrogen and oxygen atoms in total. The third kappa shape index (κ3) is 2.39. The number of aliphatic imine (C=N–C) groups is 1. The van der Waals surface area contributed by atoms with Crippen molar-refractivity contribution in [3.05, 3.63) is 60.2 Å². The number of hydrogen-bond donors (Lipinski definition) is 2. The van der Waals surface area contributed by atoms with Crippen LogP contribution in [0.4, 0.5) is 10.3 Å². The van der Waals surface area contributed by atoms with E-state index in [4.69, 9.17) is 5.73 Å². The summed E-state index contributed by atoms with van der Waals surface area (Å²) in [6.07, 6.45) is 2.77. The number of hydrogen-bond acceptors (Lipinski definition) is 6. The number of rotatable bonds is 2. The summed E-state index contributed by atoms with van der Waals surface area (Å²) < 4.78 is 15.1. The van der Waals surface area contributed by atoms with Gasteiger partial charge in [0.25, 0.3) is 0 Å². The van der Waals surface area contributed by atoms with Crippen molar-refractivity contribution in [2.45, 2.75) is 6.17 Å². The molecule has 114 valence electrons. The molecular weight excluding hydrogens is 297 g/mol. The molecule has 1 aliphatic rings. The van der Waals surface area contributed by atoms with E-state index in [9.17, 15) is 4.39 Å². The normalized spacial score (nSPS) is 16.4. The Hall–Kier alpha value is -3.29. The summed E-state index contributed by atoms with van der Waals surface area (Å²) in [6, 6.07) is 9.83. The van der Waals surface area contributed by atoms with E-state index in [1.807, 2.05) is 6.07 Å². The zero-order chi connectivity index (χ0) is 15.8. The molecule has 1 unspecified atom stereocenters. The van der Waals surface area contributed by atoms with E-state index in [0.717, 1.165) is 5.56 Å². The number of guanidine groups is 1. The summed E-state index contributed by atoms with van der Waals surface area (Å²) >= 11 is 0. The third-order valence-electron chi connectivity index (χ3n) is 3.43. The Morgan fingerprint density at radius 1 is 1.22 bits per heavy atom. The van der Waals surface area contributed by atoms with Gasteiger partial charge in [0.15, 0.2) is 17.9 Å². The Balaban J connectivity index is 1.81. The highest BCUT2D eigenvalue weighted by Gasteiger charge is 2.25. The number of fused-ring (bicyclic) bond motifs is 1. The Morgan fingerprint density at radius 2 is 2.13 bits per heavy atom. The van der Waals surface area contributed by atoms with E-state index in [2.05, 4.69) is 25.4 Å². The molecule has 3 N–H and O–H groups in total. The van der Waals surface area contributed by atoms with Crippen LogP contribution in [-0.4, -0.2) is 25.7 Å². The molecule has 23 heavy (non-hydrogen) atoms. The highest BCUT2D eigenvalue weighted by atomic mass is 19.1. The number of nitrogens with two attached hydrogens (primary N) is 1. The van der Waals surface area contributed by atoms with Gasteiger partial charge in [-0.25, -0.2) is 14.1 Å². The average Bonchev–Trinajstić information content (AvgIpc) is 2.98. The molecule has 3 heterocycles. The van der Waals surface area contributed by atoms with E-state index in [-0.39, 0.29) is 11.8 Å². The number of benzene rings is 1. The first-order valence-corrected chi connectivity index (χ1v) is 6.93. The van der Waals surface area contributed by atoms with Crippen molar-refractivity contribution in [3.63, 3.8) is 0 Å². The molecule has 8 heteroatoms. The van der Waals surface area contributed by atoms with Crippen LogP contribution < -0.4 is 11.1 Å². The van der Waals surface area contributed by atoms with Gasteiger partial charge >= 0.3 is 0 Å². The van der Waals surface area contributed by atoms with E-state index in [1.165, 1.54) is 12.1 Å². The van der Waals surface area contributed by atoms with Crippen LogP contribution >= 0.6 is 0 Å². The van der Waals surface area contributed by atoms with Gasteiger partial charge in [0.1, 0.15) is 5.82 Å². The van der Waals surface area contributed by atoms with Crippen molar-refractivity contribution in [1.29, 1.82) is 0 Å². The van der Waals surface area contributed by atoms with Crippen LogP contribution in [-0.2, 0) is 0 Å². The number of pyridine rings is 1. The summed E-state index contributed by atoms with van der Waals surface area (Å²) in [5, 5.41) is 7.33. The van der Waals surface area contributed by atoms with Gasteiger partial charge in [-0.1, -0.05) is 12.1 Å². The van der Waals surface area contributed by atoms with Crippen molar-refractivity contribution in [3.8, 4) is 11.4 Å². The highest BCUT2D eigenvalue weighted by molar-refractivity contribution is 5.92. The lowest BCUT2D eigenvalue weighted by molar-refractivity contribution is 0.536. The van der Waals surface area contributed by atoms with Crippen molar-refractivity contribution in [2.24, 2.45) is 10.7 Å². The van der Waals surface area contributed by atoms with Crippen LogP contribution in [0.25, 0.3) is 11.4 Å². The summed E-state index contributed by atoms with van der Waals surface area (Å²) in [4.78, 5) is 12.8. The van der Waals surface area contributed by atoms with E-state index >= 15 is 0 Å². The molecule has 0 saturated carbocycles. The first kappa shape index (κ1) is 13.4. The topological polar surface area (TPSA) is 94.0 Å². The minimum Gasteiger partial charge on any atom is -0.370 e. The molecular formula is C15H12FN7. The van der Waals surface area contributed by atoms with Crippen LogP contribution in [0.3, 0.4) is 0 Å². The van der Waals surface area contributed by atoms with Gasteiger partial charge in [0.2, 0.25) is 5.95 Å². The van der Waals surface area contributed by atoms with Crippen molar-refractivity contribution in [1.82, 2.24) is 19.7 Å². The third-order valence-corrected chi connectivity index (χ3v) is 3.43. The SMILES string of the molecule is NC1=NC(c2cccc(F)c2)n2nc(-c3cccnc3)nc2N1. The molecule has 1 aromatic carbocycles. The van der Waals surface area contributed by atoms with E-state index in [0.29, 0.717) is 17.3 Å². The fraction of sp³-hybridized carbons (Fsp3) is 0.0667. The molecule has 0 fully saturated rings. The highest BCUT2D eigenvalue weighted by Crippen LogP contribution is 2.28. The molecule has 0 radical (unpaired) electrons. The summed E-state index contributed by atoms with van der Waals surface area (Å²) in [5.74, 6) is 0.804. The molecule has 2 aromatic heterocycles. The maximum atomic E-state index is 13.5. The fourth-order valence-electron chi connectivity index (χ4n) is 2.41. The summed E-state index contributed by atoms with van der Waals surface area (Å²) in [7, 11) is 0. The van der Waals surface area contributed by atoms with Crippen molar-refractivity contribution < 1.29 is 4.39 Å². The Bertz CT molecular complexity index is 888. The predicted molar refractivity (Wildman–Crippen MR) is 83.0 cm³/mol. The standard InChI is InChI=1S/C15H12FN7/c16-11-5-1-3-9(7-11)13-20-14(17)21-15-19-12(22-23(13)15)10-4-2-6-18-8-10/h1-8,13H,(H3,17,19,20,21,22). The average molecular weight is 309 g/mol. The largest absolute Gasteiger partial charge is 0.370 e. The lowest BCUT2D eigenvalue weighted by Crippen LogP contribution is -2.32. The van der Waals surface area contributed by atoms with Gasteiger partial charge in [-0.15, -0.1) is 5.10 Å². The Kier molecular flexibility index (Phi) is 3.00. The monoisotopic (exact) mass is 309 g/mol. The second-order valence-electron chi connectivity index (χ2n) is 5.01. The Morgan fingerprint density at radius 3 is 2.91 bits per heavy atom. The smallest absolute Gasteiger partial charge is 0.230 e. The van der Waals surface area contributed by atoms with Crippen LogP contribution in [0, 0.1) is 5.82 Å². The molecule has 0 amide bonds. The second kappa shape index (κ2) is 5.16. The number of nitrogens with one attached hydrogen (secondary N) is 1. The van der Waals surface area contributed by atoms with Crippen LogP contribution in [0.5, 0.6) is 0 Å². The summed E-state index contributed by atoms with van der Waals surface area (Å²) in [5.41, 5.74) is 7.22. The fourth-order valence-corrected chi connectivity index (χ4v) is 2.41. The second-order valence-corrected chi connectivity index (χ2v) is 5.01. The maximum absolute atomic E-state index is 13.5. The van der Waals surface area contributed by atoms with Crippen molar-refractivity contribution >= 4 is 11.9 Å². The molecule has 1 atom stereocenters. The van der Waals surface area contributed by atoms with Gasteiger partial charge in [-0.3, -0.25) is 10.3 Å². The van der Waals surface area contributed by atoms with Gasteiger partial charge in [-0.2, -0.15) is 4.98 Å². The number of nitrogens with zero attached hydrogens (tertiary/aromatic N) is 5. The lowest BCUT2D eigenvalue weighted by Gasteiger charge is -2.21. The molecule has 4 rings (SSSR count). The van der Waals surface area contributed by atoms with E-state index < -0.39 is 6.17 Å². The molecule has 0 bridgehead atoms. The lowest BCUT2D eigenvalue weighted by atomic mass is 10.1. The molecule has 0 spiro atoms. The van der Waals surface area contributed by atoms with Gasteiger partial charge < -0.3 is 5.73 Å². The van der Waals surface area contributed by atoms with E-state index in [1.54, 1.807) is 35.3 Å². The number of halogens is 1. The van der Waals surface area contributed by atoms with Crippen molar-refractivity contribution in [2.75, 3.05) is 5.32 Å². The summed E-state index contributed by atoms with van der Waals surface area (Å²) in [6.45, 7) is 0. The minimum absolute atomic E-state index is 0.205. The van der Waals surface area contributed by atoms with Crippen LogP contribution in [0.2, 0.25) is 0 Å². The first-order valence-electron chi connectivity index (χ1n) is 6.93. The number of aromatic nitrogens is 4. The molecule has 0 aliphatic carbocycles. The first-order chi connectivity index (χ1) is 11.2. The zero-order valence-electron chi connectivity index (χ0n) is 11.9. The predicted octanol–water partition coefficient (Wildman–Crippen LogP) is 1.77. The maximum Gasteiger partial charge on any atom is 0.230 e. The van der Waals surface area contributed by atoms with Gasteiger partial charge in [0.05, 0.1) is 0 Å². The van der Waals surface area contributed by atoms with Crippen LogP contribution in [0.1, 0.15) is 11.7 Å². The number of anilines is 1. The quantitative estimate of drug-likeness (QED) is 0.752. The molecule has 1 aliphatic heterocycles. The Labute approximate surface area is 130 Å². The van der Waals surface area contributed by atoms with Gasteiger partial charge in [0, 0.05) is 23.5 Å². The van der Waals surface area contributed by atoms with Crippen LogP contribution in [0.15, 0.2) is 53.8 Å². The zero-order valence-corrected chi connectivity index (χ0v) is 11.9. The minimum atomic E-state index is -0.570. The molecule has 3 aromatic rings. The molecule has 0 saturated heterocycles. The van der Waals surface area contributed by atoms with Gasteiger partial charge in [-0.05, 0) is 24.3 Å².